The zero-order valence-electron chi connectivity index (χ0n) is 34.7. The molecule has 0 unspecified atom stereocenters. The predicted molar refractivity (Wildman–Crippen MR) is 267 cm³/mol. The van der Waals surface area contributed by atoms with Gasteiger partial charge in [0.15, 0.2) is 0 Å². The molecule has 13 rings (SSSR count). The Morgan fingerprint density at radius 1 is 0.250 bits per heavy atom. The second-order valence-corrected chi connectivity index (χ2v) is 16.5. The molecule has 4 aromatic heterocycles. The first kappa shape index (κ1) is 36.1. The Morgan fingerprint density at radius 2 is 0.562 bits per heavy atom. The van der Waals surface area contributed by atoms with E-state index in [1.807, 2.05) is 0 Å². The number of hydrogen-bond donors (Lipinski definition) is 0. The van der Waals surface area contributed by atoms with E-state index in [2.05, 4.69) is 240 Å². The summed E-state index contributed by atoms with van der Waals surface area (Å²) in [4.78, 5) is 11.0. The van der Waals surface area contributed by atoms with Gasteiger partial charge < -0.3 is 9.13 Å². The lowest BCUT2D eigenvalue weighted by Crippen LogP contribution is -1.97. The normalized spacial score (nSPS) is 11.8. The maximum Gasteiger partial charge on any atom is 0.0978 e. The van der Waals surface area contributed by atoms with Crippen LogP contribution in [0.5, 0.6) is 0 Å². The summed E-state index contributed by atoms with van der Waals surface area (Å²) in [7, 11) is 0. The number of aromatic nitrogens is 4. The van der Waals surface area contributed by atoms with E-state index in [4.69, 9.17) is 9.97 Å². The average Bonchev–Trinajstić information content (AvgIpc) is 3.89. The first-order valence-electron chi connectivity index (χ1n) is 21.8. The summed E-state index contributed by atoms with van der Waals surface area (Å²) < 4.78 is 4.74. The van der Waals surface area contributed by atoms with Gasteiger partial charge in [0, 0.05) is 54.8 Å². The van der Waals surface area contributed by atoms with Crippen LogP contribution in [-0.4, -0.2) is 19.1 Å². The molecule has 9 aromatic carbocycles. The Hall–Kier alpha value is -8.60. The van der Waals surface area contributed by atoms with Crippen molar-refractivity contribution >= 4 is 65.4 Å². The van der Waals surface area contributed by atoms with Gasteiger partial charge in [-0.05, 0) is 82.9 Å². The van der Waals surface area contributed by atoms with Crippen molar-refractivity contribution in [3.05, 3.63) is 231 Å². The van der Waals surface area contributed by atoms with Crippen LogP contribution in [0, 0.1) is 0 Å². The molecule has 298 valence electrons. The van der Waals surface area contributed by atoms with Gasteiger partial charge in [0.25, 0.3) is 0 Å². The minimum atomic E-state index is 0.876. The van der Waals surface area contributed by atoms with E-state index in [-0.39, 0.29) is 0 Å². The second kappa shape index (κ2) is 14.5. The molecule has 0 N–H and O–H groups in total. The van der Waals surface area contributed by atoms with Crippen LogP contribution in [0.1, 0.15) is 0 Å². The van der Waals surface area contributed by atoms with Crippen molar-refractivity contribution in [1.82, 2.24) is 19.1 Å². The molecule has 64 heavy (non-hydrogen) atoms. The number of benzene rings is 9. The van der Waals surface area contributed by atoms with E-state index in [9.17, 15) is 0 Å². The van der Waals surface area contributed by atoms with Crippen molar-refractivity contribution in [3.63, 3.8) is 0 Å². The highest BCUT2D eigenvalue weighted by atomic mass is 15.0. The summed E-state index contributed by atoms with van der Waals surface area (Å²) in [5.41, 5.74) is 17.2. The largest absolute Gasteiger partial charge is 0.309 e. The molecule has 4 heteroatoms. The van der Waals surface area contributed by atoms with Crippen LogP contribution in [0.2, 0.25) is 0 Å². The Balaban J connectivity index is 1.01. The smallest absolute Gasteiger partial charge is 0.0978 e. The molecule has 0 aliphatic rings. The van der Waals surface area contributed by atoms with Gasteiger partial charge in [-0.15, -0.1) is 0 Å². The van der Waals surface area contributed by atoms with E-state index in [0.717, 1.165) is 77.9 Å². The number of para-hydroxylation sites is 4. The van der Waals surface area contributed by atoms with Crippen LogP contribution in [0.4, 0.5) is 0 Å². The SMILES string of the molecule is c1ccc(-c2cc(-c3ccc(-n4c5ccccc5c5ccccc54)cc3)c3ccc4c(-c5ccc(-n6c7ccccc7c7ccccc76)cc5)cc(-c5ccccc5)nc4c3n2)cc1. The summed E-state index contributed by atoms with van der Waals surface area (Å²) >= 11 is 0. The van der Waals surface area contributed by atoms with Gasteiger partial charge in [-0.25, -0.2) is 9.97 Å². The molecule has 0 saturated carbocycles. The van der Waals surface area contributed by atoms with Crippen LogP contribution < -0.4 is 0 Å². The third kappa shape index (κ3) is 5.70. The Kier molecular flexibility index (Phi) is 8.18. The van der Waals surface area contributed by atoms with Gasteiger partial charge in [0.05, 0.1) is 44.5 Å². The molecule has 0 fully saturated rings. The molecular weight excluding hydrogens is 777 g/mol. The van der Waals surface area contributed by atoms with Gasteiger partial charge in [-0.3, -0.25) is 0 Å². The van der Waals surface area contributed by atoms with E-state index < -0.39 is 0 Å². The molecule has 13 aromatic rings. The predicted octanol–water partition coefficient (Wildman–Crippen LogP) is 15.6. The van der Waals surface area contributed by atoms with Crippen molar-refractivity contribution in [2.75, 3.05) is 0 Å². The van der Waals surface area contributed by atoms with Crippen LogP contribution in [-0.2, 0) is 0 Å². The molecule has 0 atom stereocenters. The van der Waals surface area contributed by atoms with Gasteiger partial charge >= 0.3 is 0 Å². The molecule has 0 radical (unpaired) electrons. The van der Waals surface area contributed by atoms with Crippen LogP contribution in [0.25, 0.3) is 122 Å². The van der Waals surface area contributed by atoms with Crippen molar-refractivity contribution in [3.8, 4) is 56.1 Å². The molecular formula is C60H38N4. The fourth-order valence-corrected chi connectivity index (χ4v) is 9.95. The van der Waals surface area contributed by atoms with Gasteiger partial charge in [0.2, 0.25) is 0 Å². The van der Waals surface area contributed by atoms with E-state index >= 15 is 0 Å². The highest BCUT2D eigenvalue weighted by Gasteiger charge is 2.19. The maximum absolute atomic E-state index is 5.49. The van der Waals surface area contributed by atoms with Crippen molar-refractivity contribution < 1.29 is 0 Å². The summed E-state index contributed by atoms with van der Waals surface area (Å²) in [5.74, 6) is 0. The lowest BCUT2D eigenvalue weighted by atomic mass is 9.93. The van der Waals surface area contributed by atoms with E-state index in [1.165, 1.54) is 43.6 Å². The zero-order valence-corrected chi connectivity index (χ0v) is 34.7. The summed E-state index contributed by atoms with van der Waals surface area (Å²) in [6.07, 6.45) is 0. The van der Waals surface area contributed by atoms with Gasteiger partial charge in [-0.2, -0.15) is 0 Å². The molecule has 0 spiro atoms. The Morgan fingerprint density at radius 3 is 0.906 bits per heavy atom. The monoisotopic (exact) mass is 814 g/mol. The van der Waals surface area contributed by atoms with Crippen molar-refractivity contribution in [2.45, 2.75) is 0 Å². The maximum atomic E-state index is 5.49. The van der Waals surface area contributed by atoms with Crippen molar-refractivity contribution in [1.29, 1.82) is 0 Å². The highest BCUT2D eigenvalue weighted by Crippen LogP contribution is 2.41. The molecule has 4 heterocycles. The summed E-state index contributed by atoms with van der Waals surface area (Å²) in [6.45, 7) is 0. The molecule has 0 amide bonds. The number of nitrogens with zero attached hydrogens (tertiary/aromatic N) is 4. The van der Waals surface area contributed by atoms with Crippen LogP contribution in [0.3, 0.4) is 0 Å². The third-order valence-corrected chi connectivity index (χ3v) is 12.9. The Labute approximate surface area is 369 Å². The topological polar surface area (TPSA) is 35.6 Å². The fourth-order valence-electron chi connectivity index (χ4n) is 9.95. The molecule has 0 bridgehead atoms. The van der Waals surface area contributed by atoms with Crippen molar-refractivity contribution in [2.24, 2.45) is 0 Å². The number of pyridine rings is 2. The second-order valence-electron chi connectivity index (χ2n) is 16.5. The average molecular weight is 815 g/mol. The summed E-state index contributed by atoms with van der Waals surface area (Å²) in [5, 5.41) is 7.12. The van der Waals surface area contributed by atoms with Crippen LogP contribution in [0.15, 0.2) is 231 Å². The lowest BCUT2D eigenvalue weighted by Gasteiger charge is -2.16. The molecule has 0 saturated heterocycles. The van der Waals surface area contributed by atoms with E-state index in [0.29, 0.717) is 0 Å². The zero-order chi connectivity index (χ0) is 42.1. The Bertz CT molecular complexity index is 3550. The number of fused-ring (bicyclic) bond motifs is 9. The molecule has 0 aliphatic carbocycles. The highest BCUT2D eigenvalue weighted by molar-refractivity contribution is 6.14. The third-order valence-electron chi connectivity index (χ3n) is 12.9. The standard InChI is InChI=1S/C60H38N4/c1-3-15-41(16-4-1)53-37-51(39-27-31-43(32-28-39)63-55-23-11-7-19-45(55)46-20-8-12-24-56(46)63)49-35-36-50-52(38-54(42-17-5-2-6-18-42)62-60(50)59(49)61-53)40-29-33-44(34-30-40)64-57-25-13-9-21-47(57)48-22-10-14-26-58(48)64/h1-38H. The van der Waals surface area contributed by atoms with Gasteiger partial charge in [-0.1, -0.05) is 170 Å². The molecule has 4 nitrogen and oxygen atoms in total. The number of rotatable bonds is 6. The number of hydrogen-bond acceptors (Lipinski definition) is 2. The fraction of sp³-hybridized carbons (Fsp3) is 0. The van der Waals surface area contributed by atoms with E-state index in [1.54, 1.807) is 0 Å². The first-order valence-corrected chi connectivity index (χ1v) is 21.8. The first-order chi connectivity index (χ1) is 31.7. The van der Waals surface area contributed by atoms with Gasteiger partial charge in [0.1, 0.15) is 0 Å². The molecule has 0 aliphatic heterocycles. The van der Waals surface area contributed by atoms with Crippen LogP contribution >= 0.6 is 0 Å². The summed E-state index contributed by atoms with van der Waals surface area (Å²) in [6, 6.07) is 82.6. The lowest BCUT2D eigenvalue weighted by molar-refractivity contribution is 1.18. The quantitative estimate of drug-likeness (QED) is 0.157. The minimum absolute atomic E-state index is 0.876. The minimum Gasteiger partial charge on any atom is -0.309 e.